The zero-order valence-electron chi connectivity index (χ0n) is 15.7. The second-order valence-electron chi connectivity index (χ2n) is 6.99. The molecule has 0 bridgehead atoms. The summed E-state index contributed by atoms with van der Waals surface area (Å²) < 4.78 is 0. The van der Waals surface area contributed by atoms with Crippen molar-refractivity contribution in [2.45, 2.75) is 59.0 Å². The third-order valence-corrected chi connectivity index (χ3v) is 5.61. The molecule has 0 saturated heterocycles. The van der Waals surface area contributed by atoms with Crippen LogP contribution in [-0.2, 0) is 18.5 Å². The molecule has 0 aliphatic carbocycles. The predicted octanol–water partition coefficient (Wildman–Crippen LogP) is 4.50. The van der Waals surface area contributed by atoms with Crippen molar-refractivity contribution in [3.63, 3.8) is 0 Å². The smallest absolute Gasteiger partial charge is 0.191 e. The van der Waals surface area contributed by atoms with Crippen molar-refractivity contribution < 1.29 is 0 Å². The number of aromatic nitrogens is 2. The van der Waals surface area contributed by atoms with Gasteiger partial charge < -0.3 is 10.6 Å². The lowest BCUT2D eigenvalue weighted by Gasteiger charge is -2.13. The van der Waals surface area contributed by atoms with Crippen molar-refractivity contribution in [1.82, 2.24) is 20.6 Å². The molecule has 5 nitrogen and oxygen atoms in total. The Morgan fingerprint density at radius 1 is 1.12 bits per heavy atom. The maximum absolute atomic E-state index is 4.69. The van der Waals surface area contributed by atoms with Gasteiger partial charge in [-0.05, 0) is 5.92 Å². The van der Waals surface area contributed by atoms with Gasteiger partial charge in [0.2, 0.25) is 0 Å². The second-order valence-corrected chi connectivity index (χ2v) is 8.79. The summed E-state index contributed by atoms with van der Waals surface area (Å²) >= 11 is 3.40. The number of nitrogens with zero attached hydrogens (tertiary/aromatic N) is 3. The van der Waals surface area contributed by atoms with E-state index in [1.54, 1.807) is 29.7 Å². The molecule has 2 N–H and O–H groups in total. The number of nitrogens with one attached hydrogen (secondary N) is 2. The van der Waals surface area contributed by atoms with Crippen LogP contribution in [0.2, 0.25) is 0 Å². The normalized spacial score (nSPS) is 12.2. The highest BCUT2D eigenvalue weighted by atomic mass is 127. The van der Waals surface area contributed by atoms with Gasteiger partial charge in [0.15, 0.2) is 5.96 Å². The summed E-state index contributed by atoms with van der Waals surface area (Å²) in [5, 5.41) is 13.1. The van der Waals surface area contributed by atoms with E-state index in [0.717, 1.165) is 27.4 Å². The van der Waals surface area contributed by atoms with Crippen molar-refractivity contribution in [2.24, 2.45) is 4.99 Å². The van der Waals surface area contributed by atoms with Gasteiger partial charge in [0.1, 0.15) is 5.01 Å². The summed E-state index contributed by atoms with van der Waals surface area (Å²) in [5.74, 6) is 1.23. The largest absolute Gasteiger partial charge is 0.351 e. The Bertz CT molecular complexity index is 685. The molecule has 0 spiro atoms. The van der Waals surface area contributed by atoms with E-state index >= 15 is 0 Å². The first-order valence-electron chi connectivity index (χ1n) is 8.13. The van der Waals surface area contributed by atoms with Crippen LogP contribution in [0.15, 0.2) is 15.8 Å². The molecule has 0 radical (unpaired) electrons. The molecule has 0 fully saturated rings. The number of hydrogen-bond donors (Lipinski definition) is 2. The molecular formula is C17H28IN5S2. The Labute approximate surface area is 175 Å². The summed E-state index contributed by atoms with van der Waals surface area (Å²) in [6.07, 6.45) is 0. The van der Waals surface area contributed by atoms with E-state index < -0.39 is 0 Å². The molecule has 8 heteroatoms. The Morgan fingerprint density at radius 2 is 1.80 bits per heavy atom. The SMILES string of the molecule is CN=C(NCc1csc(C(C)(C)C)n1)NCc1nc(C(C)C)cs1.I. The van der Waals surface area contributed by atoms with Crippen molar-refractivity contribution in [3.8, 4) is 0 Å². The minimum Gasteiger partial charge on any atom is -0.351 e. The van der Waals surface area contributed by atoms with Gasteiger partial charge in [0, 0.05) is 23.2 Å². The Kier molecular flexibility index (Phi) is 8.76. The molecular weight excluding hydrogens is 465 g/mol. The lowest BCUT2D eigenvalue weighted by Crippen LogP contribution is -2.36. The van der Waals surface area contributed by atoms with Crippen LogP contribution in [0.5, 0.6) is 0 Å². The van der Waals surface area contributed by atoms with Crippen molar-refractivity contribution >= 4 is 52.6 Å². The monoisotopic (exact) mass is 493 g/mol. The van der Waals surface area contributed by atoms with Crippen LogP contribution in [0.3, 0.4) is 0 Å². The number of guanidine groups is 1. The molecule has 2 heterocycles. The third kappa shape index (κ3) is 6.82. The zero-order valence-corrected chi connectivity index (χ0v) is 19.7. The van der Waals surface area contributed by atoms with E-state index in [4.69, 9.17) is 4.98 Å². The number of rotatable bonds is 5. The Morgan fingerprint density at radius 3 is 2.32 bits per heavy atom. The highest BCUT2D eigenvalue weighted by molar-refractivity contribution is 14.0. The molecule has 0 unspecified atom stereocenters. The van der Waals surface area contributed by atoms with Crippen molar-refractivity contribution in [2.75, 3.05) is 7.05 Å². The first kappa shape index (κ1) is 22.3. The first-order chi connectivity index (χ1) is 11.3. The maximum Gasteiger partial charge on any atom is 0.191 e. The molecule has 140 valence electrons. The minimum atomic E-state index is 0. The summed E-state index contributed by atoms with van der Waals surface area (Å²) in [6.45, 7) is 12.2. The van der Waals surface area contributed by atoms with Crippen LogP contribution in [-0.4, -0.2) is 23.0 Å². The zero-order chi connectivity index (χ0) is 17.7. The summed E-state index contributed by atoms with van der Waals surface area (Å²) in [5.41, 5.74) is 2.29. The third-order valence-electron chi connectivity index (χ3n) is 3.42. The van der Waals surface area contributed by atoms with E-state index in [1.165, 1.54) is 0 Å². The van der Waals surface area contributed by atoms with Crippen molar-refractivity contribution in [3.05, 3.63) is 32.2 Å². The lowest BCUT2D eigenvalue weighted by atomic mass is 9.98. The number of halogens is 1. The molecule has 2 aromatic heterocycles. The van der Waals surface area contributed by atoms with Crippen LogP contribution in [0.1, 0.15) is 61.9 Å². The molecule has 0 aromatic carbocycles. The average Bonchev–Trinajstić information content (AvgIpc) is 3.16. The topological polar surface area (TPSA) is 62.2 Å². The molecule has 0 aliphatic heterocycles. The van der Waals surface area contributed by atoms with E-state index in [2.05, 4.69) is 66.0 Å². The fraction of sp³-hybridized carbons (Fsp3) is 0.588. The highest BCUT2D eigenvalue weighted by Gasteiger charge is 2.17. The Balaban J connectivity index is 0.00000312. The van der Waals surface area contributed by atoms with E-state index in [1.807, 2.05) is 0 Å². The van der Waals surface area contributed by atoms with E-state index in [9.17, 15) is 0 Å². The van der Waals surface area contributed by atoms with E-state index in [0.29, 0.717) is 19.0 Å². The van der Waals surface area contributed by atoms with Crippen LogP contribution in [0.4, 0.5) is 0 Å². The summed E-state index contributed by atoms with van der Waals surface area (Å²) in [7, 11) is 1.78. The average molecular weight is 493 g/mol. The number of hydrogen-bond acceptors (Lipinski definition) is 5. The molecule has 0 aliphatic rings. The van der Waals surface area contributed by atoms with Gasteiger partial charge in [-0.15, -0.1) is 46.7 Å². The van der Waals surface area contributed by atoms with Gasteiger partial charge in [0.05, 0.1) is 29.5 Å². The standard InChI is InChI=1S/C17H27N5S2.HI/c1-11(2)13-10-23-14(22-13)8-20-16(18-6)19-7-12-9-24-15(21-12)17(3,4)5;/h9-11H,7-8H2,1-6H3,(H2,18,19,20);1H. The van der Waals surface area contributed by atoms with Crippen molar-refractivity contribution in [1.29, 1.82) is 0 Å². The quantitative estimate of drug-likeness (QED) is 0.366. The van der Waals surface area contributed by atoms with Gasteiger partial charge >= 0.3 is 0 Å². The predicted molar refractivity (Wildman–Crippen MR) is 119 cm³/mol. The molecule has 0 atom stereocenters. The van der Waals surface area contributed by atoms with Crippen LogP contribution < -0.4 is 10.6 Å². The maximum atomic E-state index is 4.69. The molecule has 0 saturated carbocycles. The molecule has 2 rings (SSSR count). The highest BCUT2D eigenvalue weighted by Crippen LogP contribution is 2.25. The van der Waals surface area contributed by atoms with Crippen LogP contribution >= 0.6 is 46.7 Å². The molecule has 2 aromatic rings. The van der Waals surface area contributed by atoms with E-state index in [-0.39, 0.29) is 29.4 Å². The number of thiazole rings is 2. The molecule has 0 amide bonds. The van der Waals surface area contributed by atoms with Gasteiger partial charge in [-0.1, -0.05) is 34.6 Å². The first-order valence-corrected chi connectivity index (χ1v) is 9.89. The lowest BCUT2D eigenvalue weighted by molar-refractivity contribution is 0.582. The fourth-order valence-electron chi connectivity index (χ4n) is 1.96. The summed E-state index contributed by atoms with van der Waals surface area (Å²) in [6, 6.07) is 0. The van der Waals surface area contributed by atoms with Gasteiger partial charge in [-0.25, -0.2) is 9.97 Å². The minimum absolute atomic E-state index is 0. The second kappa shape index (κ2) is 9.82. The van der Waals surface area contributed by atoms with Gasteiger partial charge in [0.25, 0.3) is 0 Å². The van der Waals surface area contributed by atoms with Crippen LogP contribution in [0, 0.1) is 0 Å². The summed E-state index contributed by atoms with van der Waals surface area (Å²) in [4.78, 5) is 13.6. The van der Waals surface area contributed by atoms with Crippen LogP contribution in [0.25, 0.3) is 0 Å². The molecule has 25 heavy (non-hydrogen) atoms. The Hall–Kier alpha value is -0.740. The van der Waals surface area contributed by atoms with Gasteiger partial charge in [-0.3, -0.25) is 4.99 Å². The number of aliphatic imine (C=N–C) groups is 1. The fourth-order valence-corrected chi connectivity index (χ4v) is 3.76. The van der Waals surface area contributed by atoms with Gasteiger partial charge in [-0.2, -0.15) is 0 Å².